The number of aromatic amines is 1. The number of H-pyrrole nitrogens is 1. The van der Waals surface area contributed by atoms with E-state index in [2.05, 4.69) is 51.5 Å². The third-order valence-electron chi connectivity index (χ3n) is 9.41. The number of carbonyl (C=O) groups is 1. The molecule has 198 valence electrons. The first-order valence-electron chi connectivity index (χ1n) is 14.4. The van der Waals surface area contributed by atoms with Gasteiger partial charge in [-0.1, -0.05) is 30.3 Å². The number of aryl methyl sites for hydroxylation is 2. The van der Waals surface area contributed by atoms with Crippen LogP contribution in [0.2, 0.25) is 0 Å². The van der Waals surface area contributed by atoms with E-state index in [1.807, 2.05) is 23.2 Å². The molecule has 1 N–H and O–H groups in total. The summed E-state index contributed by atoms with van der Waals surface area (Å²) in [5.41, 5.74) is 8.99. The summed E-state index contributed by atoms with van der Waals surface area (Å²) in [6.45, 7) is 2.63. The van der Waals surface area contributed by atoms with E-state index >= 15 is 0 Å². The van der Waals surface area contributed by atoms with Gasteiger partial charge >= 0.3 is 0 Å². The number of hydrogen-bond acceptors (Lipinski definition) is 5. The molecule has 4 aromatic rings. The van der Waals surface area contributed by atoms with E-state index in [1.54, 1.807) is 0 Å². The zero-order chi connectivity index (χ0) is 25.9. The van der Waals surface area contributed by atoms with Gasteiger partial charge in [-0.05, 0) is 73.4 Å². The van der Waals surface area contributed by atoms with Gasteiger partial charge in [0, 0.05) is 59.5 Å². The average molecular weight is 520 g/mol. The number of amides is 1. The van der Waals surface area contributed by atoms with Crippen molar-refractivity contribution in [1.29, 1.82) is 0 Å². The SMILES string of the molecule is O=C1CCCN1c1ccc(-c2[nH]nc3ncc(-c4ccc5c(c4)CCC(N4C6COCC4C6)CC5)cc23)cc1. The number of rotatable bonds is 4. The Bertz CT molecular complexity index is 1550. The zero-order valence-electron chi connectivity index (χ0n) is 22.1. The Hall–Kier alpha value is -3.55. The standard InChI is InChI=1S/C32H33N5O2/c38-30-2-1-13-36(30)25-9-6-21(7-10-25)31-29-15-24(17-33-32(29)35-34-31)23-4-3-20-5-11-26(12-8-22(20)14-23)37-27-16-28(37)19-39-18-27/h3-4,6-7,9-10,14-15,17,26-28H,1-2,5,8,11-13,16,18-19H2,(H,33,34,35). The molecule has 4 aliphatic rings. The smallest absolute Gasteiger partial charge is 0.227 e. The van der Waals surface area contributed by atoms with Crippen molar-refractivity contribution in [2.24, 2.45) is 0 Å². The number of benzene rings is 2. The minimum absolute atomic E-state index is 0.206. The van der Waals surface area contributed by atoms with Gasteiger partial charge in [-0.15, -0.1) is 0 Å². The van der Waals surface area contributed by atoms with Crippen molar-refractivity contribution in [1.82, 2.24) is 20.1 Å². The Morgan fingerprint density at radius 2 is 1.64 bits per heavy atom. The number of nitrogens with one attached hydrogen (secondary N) is 1. The minimum Gasteiger partial charge on any atom is -0.378 e. The lowest BCUT2D eigenvalue weighted by Crippen LogP contribution is -2.66. The molecule has 7 nitrogen and oxygen atoms in total. The summed E-state index contributed by atoms with van der Waals surface area (Å²) in [5.74, 6) is 0.206. The normalized spacial score (nSPS) is 25.0. The van der Waals surface area contributed by atoms with E-state index in [-0.39, 0.29) is 5.91 Å². The van der Waals surface area contributed by atoms with Crippen molar-refractivity contribution in [3.63, 3.8) is 0 Å². The molecule has 1 amide bonds. The zero-order valence-corrected chi connectivity index (χ0v) is 22.1. The van der Waals surface area contributed by atoms with Gasteiger partial charge in [0.05, 0.1) is 18.9 Å². The Labute approximate surface area is 228 Å². The van der Waals surface area contributed by atoms with Gasteiger partial charge in [0.1, 0.15) is 0 Å². The second-order valence-electron chi connectivity index (χ2n) is 11.6. The van der Waals surface area contributed by atoms with Crippen LogP contribution < -0.4 is 4.90 Å². The molecular formula is C32H33N5O2. The molecule has 3 aliphatic heterocycles. The molecule has 3 atom stereocenters. The number of carbonyl (C=O) groups excluding carboxylic acids is 1. The minimum atomic E-state index is 0.206. The van der Waals surface area contributed by atoms with Crippen molar-refractivity contribution in [3.8, 4) is 22.4 Å². The summed E-state index contributed by atoms with van der Waals surface area (Å²) in [6.07, 6.45) is 9.58. The van der Waals surface area contributed by atoms with Crippen LogP contribution in [0.25, 0.3) is 33.4 Å². The molecule has 2 aromatic heterocycles. The molecule has 2 aromatic carbocycles. The molecule has 0 saturated carbocycles. The van der Waals surface area contributed by atoms with Gasteiger partial charge in [0.15, 0.2) is 5.65 Å². The predicted molar refractivity (Wildman–Crippen MR) is 152 cm³/mol. The fourth-order valence-electron chi connectivity index (χ4n) is 7.34. The Kier molecular flexibility index (Phi) is 5.56. The summed E-state index contributed by atoms with van der Waals surface area (Å²) in [7, 11) is 0. The monoisotopic (exact) mass is 519 g/mol. The van der Waals surface area contributed by atoms with Gasteiger partial charge in [-0.25, -0.2) is 4.98 Å². The molecule has 2 bridgehead atoms. The number of morpholine rings is 1. The quantitative estimate of drug-likeness (QED) is 0.378. The maximum Gasteiger partial charge on any atom is 0.227 e. The first-order chi connectivity index (χ1) is 19.2. The number of pyridine rings is 1. The van der Waals surface area contributed by atoms with Crippen LogP contribution in [0, 0.1) is 0 Å². The van der Waals surface area contributed by atoms with E-state index in [1.165, 1.54) is 36.0 Å². The highest BCUT2D eigenvalue weighted by Gasteiger charge is 2.45. The molecule has 0 radical (unpaired) electrons. The van der Waals surface area contributed by atoms with Gasteiger partial charge in [-0.3, -0.25) is 14.8 Å². The van der Waals surface area contributed by atoms with Crippen LogP contribution in [0.15, 0.2) is 54.7 Å². The van der Waals surface area contributed by atoms with E-state index in [0.717, 1.165) is 66.9 Å². The number of fused-ring (bicyclic) bond motifs is 4. The highest BCUT2D eigenvalue weighted by molar-refractivity contribution is 5.96. The summed E-state index contributed by atoms with van der Waals surface area (Å²) in [5, 5.41) is 8.69. The van der Waals surface area contributed by atoms with E-state index in [4.69, 9.17) is 9.72 Å². The topological polar surface area (TPSA) is 74.4 Å². The van der Waals surface area contributed by atoms with Crippen molar-refractivity contribution in [3.05, 3.63) is 65.9 Å². The number of anilines is 1. The molecule has 3 unspecified atom stereocenters. The Balaban J connectivity index is 1.05. The van der Waals surface area contributed by atoms with Crippen LogP contribution in [0.5, 0.6) is 0 Å². The second-order valence-corrected chi connectivity index (χ2v) is 11.6. The molecule has 39 heavy (non-hydrogen) atoms. The maximum absolute atomic E-state index is 12.1. The van der Waals surface area contributed by atoms with Crippen LogP contribution in [-0.2, 0) is 22.4 Å². The first kappa shape index (κ1) is 23.3. The maximum atomic E-state index is 12.1. The molecule has 5 heterocycles. The van der Waals surface area contributed by atoms with Crippen LogP contribution in [0.4, 0.5) is 5.69 Å². The largest absolute Gasteiger partial charge is 0.378 e. The fraction of sp³-hybridized carbons (Fsp3) is 0.406. The lowest BCUT2D eigenvalue weighted by Gasteiger charge is -2.56. The number of aromatic nitrogens is 3. The lowest BCUT2D eigenvalue weighted by atomic mass is 9.87. The Morgan fingerprint density at radius 3 is 2.41 bits per heavy atom. The van der Waals surface area contributed by atoms with Gasteiger partial charge < -0.3 is 9.64 Å². The van der Waals surface area contributed by atoms with E-state index < -0.39 is 0 Å². The summed E-state index contributed by atoms with van der Waals surface area (Å²) in [6, 6.07) is 19.4. The van der Waals surface area contributed by atoms with Crippen LogP contribution >= 0.6 is 0 Å². The van der Waals surface area contributed by atoms with Crippen molar-refractivity contribution in [2.75, 3.05) is 24.7 Å². The van der Waals surface area contributed by atoms with Crippen molar-refractivity contribution in [2.45, 2.75) is 63.1 Å². The van der Waals surface area contributed by atoms with E-state index in [0.29, 0.717) is 30.2 Å². The molecule has 3 saturated heterocycles. The third-order valence-corrected chi connectivity index (χ3v) is 9.41. The molecule has 7 heteroatoms. The summed E-state index contributed by atoms with van der Waals surface area (Å²) < 4.78 is 5.73. The van der Waals surface area contributed by atoms with Crippen LogP contribution in [-0.4, -0.2) is 63.9 Å². The van der Waals surface area contributed by atoms with Gasteiger partial charge in [0.2, 0.25) is 5.91 Å². The molecule has 1 aliphatic carbocycles. The van der Waals surface area contributed by atoms with Crippen LogP contribution in [0.3, 0.4) is 0 Å². The highest BCUT2D eigenvalue weighted by Crippen LogP contribution is 2.38. The van der Waals surface area contributed by atoms with Crippen LogP contribution in [0.1, 0.15) is 43.2 Å². The summed E-state index contributed by atoms with van der Waals surface area (Å²) in [4.78, 5) is 21.5. The van der Waals surface area contributed by atoms with Crippen molar-refractivity contribution >= 4 is 22.6 Å². The summed E-state index contributed by atoms with van der Waals surface area (Å²) >= 11 is 0. The van der Waals surface area contributed by atoms with Crippen molar-refractivity contribution < 1.29 is 9.53 Å². The van der Waals surface area contributed by atoms with Gasteiger partial charge in [0.25, 0.3) is 0 Å². The Morgan fingerprint density at radius 1 is 0.846 bits per heavy atom. The number of hydrogen-bond donors (Lipinski definition) is 1. The first-order valence-corrected chi connectivity index (χ1v) is 14.4. The predicted octanol–water partition coefficient (Wildman–Crippen LogP) is 5.14. The molecule has 3 fully saturated rings. The van der Waals surface area contributed by atoms with E-state index in [9.17, 15) is 4.79 Å². The van der Waals surface area contributed by atoms with Gasteiger partial charge in [-0.2, -0.15) is 5.10 Å². The third kappa shape index (κ3) is 3.98. The second kappa shape index (κ2) is 9.28. The molecular weight excluding hydrogens is 486 g/mol. The average Bonchev–Trinajstić information content (AvgIpc) is 3.54. The lowest BCUT2D eigenvalue weighted by molar-refractivity contribution is -0.148. The highest BCUT2D eigenvalue weighted by atomic mass is 16.5. The molecule has 0 spiro atoms. The number of nitrogens with zero attached hydrogens (tertiary/aromatic N) is 4. The molecule has 8 rings (SSSR count). The fourth-order valence-corrected chi connectivity index (χ4v) is 7.34. The number of ether oxygens (including phenoxy) is 1.